The molecule has 0 bridgehead atoms. The second-order valence-corrected chi connectivity index (χ2v) is 6.45. The number of rotatable bonds is 5. The van der Waals surface area contributed by atoms with Crippen LogP contribution in [-0.4, -0.2) is 26.5 Å². The molecule has 0 fully saturated rings. The number of imidazole rings is 1. The van der Waals surface area contributed by atoms with Gasteiger partial charge in [0.2, 0.25) is 0 Å². The van der Waals surface area contributed by atoms with Crippen molar-refractivity contribution in [3.05, 3.63) is 59.7 Å². The quantitative estimate of drug-likeness (QED) is 0.715. The zero-order valence-electron chi connectivity index (χ0n) is 14.3. The first-order chi connectivity index (χ1) is 11.1. The first-order valence-electron chi connectivity index (χ1n) is 8.10. The molecule has 2 aromatic heterocycles. The van der Waals surface area contributed by atoms with E-state index in [0.717, 1.165) is 24.4 Å². The minimum Gasteiger partial charge on any atom is -0.324 e. The monoisotopic (exact) mass is 308 g/mol. The zero-order valence-corrected chi connectivity index (χ0v) is 14.3. The van der Waals surface area contributed by atoms with E-state index in [1.807, 2.05) is 18.5 Å². The second kappa shape index (κ2) is 6.50. The maximum Gasteiger partial charge on any atom is 0.124 e. The average molecular weight is 308 g/mol. The number of hydrogen-bond donors (Lipinski definition) is 0. The number of benzene rings is 1. The van der Waals surface area contributed by atoms with E-state index in [-0.39, 0.29) is 0 Å². The molecule has 120 valence electrons. The molecule has 0 amide bonds. The van der Waals surface area contributed by atoms with E-state index >= 15 is 0 Å². The summed E-state index contributed by atoms with van der Waals surface area (Å²) in [5.74, 6) is 1.12. The fourth-order valence-corrected chi connectivity index (χ4v) is 3.05. The van der Waals surface area contributed by atoms with Gasteiger partial charge in [0.05, 0.1) is 17.6 Å². The highest BCUT2D eigenvalue weighted by atomic mass is 15.2. The van der Waals surface area contributed by atoms with Gasteiger partial charge in [-0.15, -0.1) is 0 Å². The number of nitrogens with zero attached hydrogens (tertiary/aromatic N) is 4. The van der Waals surface area contributed by atoms with Gasteiger partial charge >= 0.3 is 0 Å². The SMILES string of the molecule is Cc1cnccc1CN(C)Cc1nc2ccccc2n1C(C)C. The Morgan fingerprint density at radius 2 is 1.91 bits per heavy atom. The van der Waals surface area contributed by atoms with E-state index in [9.17, 15) is 0 Å². The van der Waals surface area contributed by atoms with Gasteiger partial charge in [-0.3, -0.25) is 9.88 Å². The molecule has 0 spiro atoms. The molecule has 0 atom stereocenters. The molecular weight excluding hydrogens is 284 g/mol. The highest BCUT2D eigenvalue weighted by molar-refractivity contribution is 5.76. The minimum atomic E-state index is 0.397. The molecular formula is C19H24N4. The molecule has 3 aromatic rings. The Bertz CT molecular complexity index is 804. The van der Waals surface area contributed by atoms with Crippen LogP contribution in [0.15, 0.2) is 42.7 Å². The normalized spacial score (nSPS) is 11.7. The van der Waals surface area contributed by atoms with Crippen molar-refractivity contribution in [2.24, 2.45) is 0 Å². The molecule has 0 aliphatic rings. The Hall–Kier alpha value is -2.20. The first kappa shape index (κ1) is 15.7. The number of aromatic nitrogens is 3. The van der Waals surface area contributed by atoms with Crippen LogP contribution in [0.25, 0.3) is 11.0 Å². The third-order valence-electron chi connectivity index (χ3n) is 4.17. The summed E-state index contributed by atoms with van der Waals surface area (Å²) in [5, 5.41) is 0. The third kappa shape index (κ3) is 3.27. The lowest BCUT2D eigenvalue weighted by Gasteiger charge is -2.20. The maximum absolute atomic E-state index is 4.85. The summed E-state index contributed by atoms with van der Waals surface area (Å²) in [6.07, 6.45) is 3.78. The van der Waals surface area contributed by atoms with Gasteiger partial charge in [0.25, 0.3) is 0 Å². The molecule has 0 N–H and O–H groups in total. The fraction of sp³-hybridized carbons (Fsp3) is 0.368. The van der Waals surface area contributed by atoms with Gasteiger partial charge in [-0.1, -0.05) is 12.1 Å². The number of hydrogen-bond acceptors (Lipinski definition) is 3. The lowest BCUT2D eigenvalue weighted by atomic mass is 10.1. The molecule has 0 aliphatic carbocycles. The molecule has 1 aromatic carbocycles. The number of fused-ring (bicyclic) bond motifs is 1. The molecule has 4 nitrogen and oxygen atoms in total. The van der Waals surface area contributed by atoms with Crippen LogP contribution >= 0.6 is 0 Å². The molecule has 2 heterocycles. The van der Waals surface area contributed by atoms with Crippen molar-refractivity contribution in [1.82, 2.24) is 19.4 Å². The molecule has 0 unspecified atom stereocenters. The van der Waals surface area contributed by atoms with E-state index in [1.54, 1.807) is 0 Å². The van der Waals surface area contributed by atoms with Crippen LogP contribution in [0.2, 0.25) is 0 Å². The Labute approximate surface area is 137 Å². The number of para-hydroxylation sites is 2. The van der Waals surface area contributed by atoms with Crippen LogP contribution in [0.4, 0.5) is 0 Å². The van der Waals surface area contributed by atoms with Crippen molar-refractivity contribution >= 4 is 11.0 Å². The summed E-state index contributed by atoms with van der Waals surface area (Å²) >= 11 is 0. The van der Waals surface area contributed by atoms with Crippen LogP contribution in [0.3, 0.4) is 0 Å². The summed E-state index contributed by atoms with van der Waals surface area (Å²) in [6, 6.07) is 10.9. The van der Waals surface area contributed by atoms with E-state index in [1.165, 1.54) is 16.6 Å². The summed E-state index contributed by atoms with van der Waals surface area (Å²) in [4.78, 5) is 11.3. The molecule has 0 radical (unpaired) electrons. The van der Waals surface area contributed by atoms with Gasteiger partial charge in [-0.2, -0.15) is 0 Å². The van der Waals surface area contributed by atoms with Crippen molar-refractivity contribution in [1.29, 1.82) is 0 Å². The molecule has 3 rings (SSSR count). The predicted octanol–water partition coefficient (Wildman–Crippen LogP) is 3.95. The fourth-order valence-electron chi connectivity index (χ4n) is 3.05. The van der Waals surface area contributed by atoms with Crippen molar-refractivity contribution in [3.63, 3.8) is 0 Å². The maximum atomic E-state index is 4.85. The highest BCUT2D eigenvalue weighted by Gasteiger charge is 2.14. The minimum absolute atomic E-state index is 0.397. The molecule has 23 heavy (non-hydrogen) atoms. The van der Waals surface area contributed by atoms with Gasteiger partial charge in [0.15, 0.2) is 0 Å². The summed E-state index contributed by atoms with van der Waals surface area (Å²) in [5.41, 5.74) is 4.84. The lowest BCUT2D eigenvalue weighted by Crippen LogP contribution is -2.21. The Morgan fingerprint density at radius 1 is 1.13 bits per heavy atom. The lowest BCUT2D eigenvalue weighted by molar-refractivity contribution is 0.302. The predicted molar refractivity (Wildman–Crippen MR) is 94.3 cm³/mol. The average Bonchev–Trinajstić information content (AvgIpc) is 2.87. The summed E-state index contributed by atoms with van der Waals surface area (Å²) < 4.78 is 2.34. The highest BCUT2D eigenvalue weighted by Crippen LogP contribution is 2.22. The van der Waals surface area contributed by atoms with Crippen molar-refractivity contribution in [2.45, 2.75) is 39.9 Å². The number of pyridine rings is 1. The van der Waals surface area contributed by atoms with Gasteiger partial charge in [-0.05, 0) is 57.1 Å². The van der Waals surface area contributed by atoms with Gasteiger partial charge in [0, 0.05) is 25.0 Å². The van der Waals surface area contributed by atoms with Crippen LogP contribution < -0.4 is 0 Å². The van der Waals surface area contributed by atoms with Crippen LogP contribution in [-0.2, 0) is 13.1 Å². The van der Waals surface area contributed by atoms with Crippen LogP contribution in [0.5, 0.6) is 0 Å². The van der Waals surface area contributed by atoms with Gasteiger partial charge < -0.3 is 4.57 Å². The third-order valence-corrected chi connectivity index (χ3v) is 4.17. The van der Waals surface area contributed by atoms with Gasteiger partial charge in [0.1, 0.15) is 5.82 Å². The largest absolute Gasteiger partial charge is 0.324 e. The van der Waals surface area contributed by atoms with Crippen molar-refractivity contribution in [2.75, 3.05) is 7.05 Å². The first-order valence-corrected chi connectivity index (χ1v) is 8.10. The van der Waals surface area contributed by atoms with E-state index in [4.69, 9.17) is 4.98 Å². The number of aryl methyl sites for hydroxylation is 1. The van der Waals surface area contributed by atoms with E-state index in [0.29, 0.717) is 6.04 Å². The smallest absolute Gasteiger partial charge is 0.124 e. The van der Waals surface area contributed by atoms with Gasteiger partial charge in [-0.25, -0.2) is 4.98 Å². The van der Waals surface area contributed by atoms with E-state index < -0.39 is 0 Å². The van der Waals surface area contributed by atoms with Crippen molar-refractivity contribution in [3.8, 4) is 0 Å². The Balaban J connectivity index is 1.86. The topological polar surface area (TPSA) is 34.0 Å². The molecule has 0 saturated heterocycles. The van der Waals surface area contributed by atoms with Crippen LogP contribution in [0, 0.1) is 6.92 Å². The van der Waals surface area contributed by atoms with E-state index in [2.05, 4.69) is 66.5 Å². The Kier molecular flexibility index (Phi) is 4.44. The zero-order chi connectivity index (χ0) is 16.4. The molecule has 0 saturated carbocycles. The second-order valence-electron chi connectivity index (χ2n) is 6.45. The van der Waals surface area contributed by atoms with Crippen LogP contribution in [0.1, 0.15) is 36.8 Å². The summed E-state index contributed by atoms with van der Waals surface area (Å²) in [6.45, 7) is 8.26. The molecule has 0 aliphatic heterocycles. The molecule has 4 heteroatoms. The Morgan fingerprint density at radius 3 is 2.65 bits per heavy atom. The van der Waals surface area contributed by atoms with Crippen molar-refractivity contribution < 1.29 is 0 Å². The standard InChI is InChI=1S/C19H24N4/c1-14(2)23-18-8-6-5-7-17(18)21-19(23)13-22(4)12-16-9-10-20-11-15(16)3/h5-11,14H,12-13H2,1-4H3. The summed E-state index contributed by atoms with van der Waals surface area (Å²) in [7, 11) is 2.14.